The van der Waals surface area contributed by atoms with Gasteiger partial charge in [0.25, 0.3) is 0 Å². The van der Waals surface area contributed by atoms with Crippen LogP contribution in [-0.4, -0.2) is 53.7 Å². The van der Waals surface area contributed by atoms with Crippen LogP contribution < -0.4 is 10.1 Å². The minimum Gasteiger partial charge on any atom is -0.436 e. The fourth-order valence-corrected chi connectivity index (χ4v) is 5.54. The number of H-pyrrole nitrogens is 1. The first-order chi connectivity index (χ1) is 16.9. The number of hydrogen-bond donors (Lipinski definition) is 2. The van der Waals surface area contributed by atoms with Crippen LogP contribution in [0.1, 0.15) is 18.5 Å². The summed E-state index contributed by atoms with van der Waals surface area (Å²) < 4.78 is 46.2. The number of likely N-dealkylation sites (tertiary alicyclic amines) is 1. The van der Waals surface area contributed by atoms with Crippen LogP contribution in [0.3, 0.4) is 0 Å². The molecule has 1 aliphatic heterocycles. The number of aryl methyl sites for hydroxylation is 1. The van der Waals surface area contributed by atoms with Crippen molar-refractivity contribution >= 4 is 32.4 Å². The van der Waals surface area contributed by atoms with Gasteiger partial charge in [0.1, 0.15) is 0 Å². The zero-order valence-electron chi connectivity index (χ0n) is 19.3. The first kappa shape index (κ1) is 23.3. The van der Waals surface area contributed by atoms with Crippen LogP contribution in [0.25, 0.3) is 10.9 Å². The lowest BCUT2D eigenvalue weighted by Crippen LogP contribution is -2.26. The number of rotatable bonds is 8. The van der Waals surface area contributed by atoms with Crippen molar-refractivity contribution in [2.24, 2.45) is 0 Å². The molecule has 5 rings (SSSR count). The molecule has 2 N–H and O–H groups in total. The Hall–Kier alpha value is -3.50. The topological polar surface area (TPSA) is 100 Å². The molecule has 0 aliphatic carbocycles. The van der Waals surface area contributed by atoms with Crippen molar-refractivity contribution in [1.82, 2.24) is 19.9 Å². The van der Waals surface area contributed by atoms with Crippen LogP contribution in [0.5, 0.6) is 11.6 Å². The summed E-state index contributed by atoms with van der Waals surface area (Å²) in [7, 11) is -3.42. The molecule has 182 valence electrons. The summed E-state index contributed by atoms with van der Waals surface area (Å²) in [6.07, 6.45) is 3.72. The molecule has 4 aromatic rings. The van der Waals surface area contributed by atoms with Crippen molar-refractivity contribution in [2.45, 2.75) is 24.7 Å². The molecule has 0 unspecified atom stereocenters. The third kappa shape index (κ3) is 5.28. The molecule has 2 aromatic carbocycles. The smallest absolute Gasteiger partial charge is 0.230 e. The van der Waals surface area contributed by atoms with Crippen LogP contribution in [0.4, 0.5) is 16.0 Å². The van der Waals surface area contributed by atoms with E-state index in [1.165, 1.54) is 12.3 Å². The SMILES string of the molecule is Cc1cc2c(F)c(Oc3ccnc(Nc4cccc(S(=O)(=O)CCN5CCCC5)c4)n3)ccc2[nH]1. The fraction of sp³-hybridized carbons (Fsp3) is 0.280. The number of halogens is 1. The van der Waals surface area contributed by atoms with Gasteiger partial charge in [0.15, 0.2) is 21.4 Å². The molecular weight excluding hydrogens is 469 g/mol. The lowest BCUT2D eigenvalue weighted by atomic mass is 10.2. The van der Waals surface area contributed by atoms with Gasteiger partial charge in [-0.1, -0.05) is 6.07 Å². The van der Waals surface area contributed by atoms with Gasteiger partial charge in [-0.2, -0.15) is 4.98 Å². The van der Waals surface area contributed by atoms with E-state index >= 15 is 0 Å². The molecule has 8 nitrogen and oxygen atoms in total. The number of fused-ring (bicyclic) bond motifs is 1. The number of nitrogens with one attached hydrogen (secondary N) is 2. The zero-order chi connectivity index (χ0) is 24.4. The normalized spacial score (nSPS) is 14.5. The third-order valence-electron chi connectivity index (χ3n) is 6.01. The van der Waals surface area contributed by atoms with E-state index < -0.39 is 15.7 Å². The molecule has 0 spiro atoms. The zero-order valence-corrected chi connectivity index (χ0v) is 20.1. The number of sulfone groups is 1. The van der Waals surface area contributed by atoms with Gasteiger partial charge in [-0.05, 0) is 69.3 Å². The molecule has 0 bridgehead atoms. The second-order valence-corrected chi connectivity index (χ2v) is 10.7. The van der Waals surface area contributed by atoms with Crippen molar-refractivity contribution in [3.05, 3.63) is 66.2 Å². The highest BCUT2D eigenvalue weighted by molar-refractivity contribution is 7.91. The van der Waals surface area contributed by atoms with Crippen LogP contribution in [0.15, 0.2) is 59.6 Å². The third-order valence-corrected chi connectivity index (χ3v) is 7.70. The maximum Gasteiger partial charge on any atom is 0.230 e. The van der Waals surface area contributed by atoms with E-state index in [4.69, 9.17) is 4.74 Å². The molecule has 0 atom stereocenters. The number of ether oxygens (including phenoxy) is 1. The van der Waals surface area contributed by atoms with Gasteiger partial charge in [-0.3, -0.25) is 0 Å². The standard InChI is InChI=1S/C25H26FN5O3S/c1-17-15-20-21(28-17)7-8-22(24(20)26)34-23-9-10-27-25(30-23)29-18-5-4-6-19(16-18)35(32,33)14-13-31-11-2-3-12-31/h4-10,15-16,28H,2-3,11-14H2,1H3,(H,27,29,30). The fourth-order valence-electron chi connectivity index (χ4n) is 4.21. The number of hydrogen-bond acceptors (Lipinski definition) is 7. The molecule has 1 saturated heterocycles. The minimum absolute atomic E-state index is 0.0484. The van der Waals surface area contributed by atoms with E-state index in [-0.39, 0.29) is 28.2 Å². The minimum atomic E-state index is -3.42. The summed E-state index contributed by atoms with van der Waals surface area (Å²) in [6.45, 7) is 4.30. The predicted octanol–water partition coefficient (Wildman–Crippen LogP) is 4.81. The highest BCUT2D eigenvalue weighted by Crippen LogP contribution is 2.30. The largest absolute Gasteiger partial charge is 0.436 e. The monoisotopic (exact) mass is 495 g/mol. The summed E-state index contributed by atoms with van der Waals surface area (Å²) in [5.41, 5.74) is 2.07. The summed E-state index contributed by atoms with van der Waals surface area (Å²) in [6, 6.07) is 13.1. The summed E-state index contributed by atoms with van der Waals surface area (Å²) in [5, 5.41) is 3.45. The molecular formula is C25H26FN5O3S. The molecule has 1 fully saturated rings. The molecule has 10 heteroatoms. The summed E-state index contributed by atoms with van der Waals surface area (Å²) in [4.78, 5) is 14.0. The molecule has 0 radical (unpaired) electrons. The first-order valence-corrected chi connectivity index (χ1v) is 13.1. The Balaban J connectivity index is 1.30. The second-order valence-electron chi connectivity index (χ2n) is 8.63. The number of anilines is 2. The van der Waals surface area contributed by atoms with Crippen LogP contribution >= 0.6 is 0 Å². The van der Waals surface area contributed by atoms with Crippen molar-refractivity contribution in [1.29, 1.82) is 0 Å². The summed E-state index contributed by atoms with van der Waals surface area (Å²) in [5.74, 6) is 0.00174. The maximum absolute atomic E-state index is 14.9. The molecule has 35 heavy (non-hydrogen) atoms. The van der Waals surface area contributed by atoms with E-state index in [9.17, 15) is 12.8 Å². The van der Waals surface area contributed by atoms with Gasteiger partial charge in [0.2, 0.25) is 11.8 Å². The molecule has 3 heterocycles. The van der Waals surface area contributed by atoms with Crippen LogP contribution in [0.2, 0.25) is 0 Å². The van der Waals surface area contributed by atoms with E-state index in [1.807, 2.05) is 6.92 Å². The molecule has 0 saturated carbocycles. The Morgan fingerprint density at radius 3 is 2.80 bits per heavy atom. The van der Waals surface area contributed by atoms with E-state index in [1.54, 1.807) is 42.5 Å². The Labute approximate surface area is 203 Å². The molecule has 2 aromatic heterocycles. The van der Waals surface area contributed by atoms with E-state index in [0.29, 0.717) is 23.1 Å². The first-order valence-electron chi connectivity index (χ1n) is 11.5. The lowest BCUT2D eigenvalue weighted by Gasteiger charge is -2.14. The highest BCUT2D eigenvalue weighted by atomic mass is 32.2. The highest BCUT2D eigenvalue weighted by Gasteiger charge is 2.19. The van der Waals surface area contributed by atoms with Crippen molar-refractivity contribution in [3.63, 3.8) is 0 Å². The number of aromatic nitrogens is 3. The van der Waals surface area contributed by atoms with Crippen molar-refractivity contribution < 1.29 is 17.5 Å². The summed E-state index contributed by atoms with van der Waals surface area (Å²) >= 11 is 0. The van der Waals surface area contributed by atoms with Gasteiger partial charge >= 0.3 is 0 Å². The number of benzene rings is 2. The number of nitrogens with zero attached hydrogens (tertiary/aromatic N) is 3. The number of aromatic amines is 1. The molecule has 0 amide bonds. The Bertz CT molecular complexity index is 1470. The quantitative estimate of drug-likeness (QED) is 0.362. The average Bonchev–Trinajstić information content (AvgIpc) is 3.50. The van der Waals surface area contributed by atoms with Crippen molar-refractivity contribution in [3.8, 4) is 11.6 Å². The second kappa shape index (κ2) is 9.63. The maximum atomic E-state index is 14.9. The Kier molecular flexibility index (Phi) is 6.40. The van der Waals surface area contributed by atoms with Gasteiger partial charge in [-0.25, -0.2) is 17.8 Å². The Morgan fingerprint density at radius 1 is 1.14 bits per heavy atom. The van der Waals surface area contributed by atoms with E-state index in [2.05, 4.69) is 25.2 Å². The predicted molar refractivity (Wildman–Crippen MR) is 133 cm³/mol. The lowest BCUT2D eigenvalue weighted by molar-refractivity contribution is 0.359. The van der Waals surface area contributed by atoms with Crippen LogP contribution in [-0.2, 0) is 9.84 Å². The van der Waals surface area contributed by atoms with Gasteiger partial charge in [0, 0.05) is 41.1 Å². The average molecular weight is 496 g/mol. The van der Waals surface area contributed by atoms with Gasteiger partial charge < -0.3 is 19.9 Å². The van der Waals surface area contributed by atoms with Crippen molar-refractivity contribution in [2.75, 3.05) is 30.7 Å². The van der Waals surface area contributed by atoms with Crippen LogP contribution in [0, 0.1) is 12.7 Å². The van der Waals surface area contributed by atoms with Gasteiger partial charge in [0.05, 0.1) is 10.6 Å². The Morgan fingerprint density at radius 2 is 1.97 bits per heavy atom. The molecule has 1 aliphatic rings. The van der Waals surface area contributed by atoms with E-state index in [0.717, 1.165) is 31.6 Å². The van der Waals surface area contributed by atoms with Gasteiger partial charge in [-0.15, -0.1) is 0 Å².